The van der Waals surface area contributed by atoms with Crippen molar-refractivity contribution in [2.24, 2.45) is 11.1 Å². The number of H-pyrrole nitrogens is 1. The van der Waals surface area contributed by atoms with Crippen molar-refractivity contribution in [2.75, 3.05) is 24.6 Å². The van der Waals surface area contributed by atoms with Crippen LogP contribution in [-0.4, -0.2) is 52.0 Å². The van der Waals surface area contributed by atoms with E-state index in [4.69, 9.17) is 10.5 Å². The van der Waals surface area contributed by atoms with Crippen LogP contribution in [-0.2, 0) is 11.4 Å². The van der Waals surface area contributed by atoms with Crippen molar-refractivity contribution in [3.63, 3.8) is 0 Å². The van der Waals surface area contributed by atoms with Gasteiger partial charge in [-0.25, -0.2) is 27.5 Å². The Morgan fingerprint density at radius 1 is 1.15 bits per heavy atom. The van der Waals surface area contributed by atoms with E-state index in [1.807, 2.05) is 11.8 Å². The van der Waals surface area contributed by atoms with Gasteiger partial charge in [-0.1, -0.05) is 5.92 Å². The molecule has 0 amide bonds. The van der Waals surface area contributed by atoms with Crippen LogP contribution in [0.3, 0.4) is 0 Å². The number of anilines is 1. The summed E-state index contributed by atoms with van der Waals surface area (Å²) < 4.78 is 60.1. The van der Waals surface area contributed by atoms with Gasteiger partial charge in [-0.3, -0.25) is 5.10 Å². The maximum Gasteiger partial charge on any atom is 0.177 e. The number of aromatic nitrogens is 4. The Balaban J connectivity index is 1.42. The number of halogens is 4. The predicted octanol–water partition coefficient (Wildman–Crippen LogP) is 2.97. The van der Waals surface area contributed by atoms with E-state index in [0.29, 0.717) is 37.6 Å². The Morgan fingerprint density at radius 2 is 1.88 bits per heavy atom. The normalized spacial score (nSPS) is 21.8. The number of nitrogens with two attached hydrogens (primary N) is 1. The average Bonchev–Trinajstić information content (AvgIpc) is 3.36. The molecule has 178 valence electrons. The third-order valence-electron chi connectivity index (χ3n) is 6.80. The highest BCUT2D eigenvalue weighted by Crippen LogP contribution is 2.42. The Kier molecular flexibility index (Phi) is 5.65. The molecule has 1 aromatic carbocycles. The lowest BCUT2D eigenvalue weighted by atomic mass is 9.73. The van der Waals surface area contributed by atoms with Crippen LogP contribution in [0, 0.1) is 34.7 Å². The highest BCUT2D eigenvalue weighted by Gasteiger charge is 2.47. The zero-order chi connectivity index (χ0) is 24.0. The van der Waals surface area contributed by atoms with Crippen molar-refractivity contribution in [3.8, 4) is 11.8 Å². The maximum atomic E-state index is 13.9. The van der Waals surface area contributed by atoms with Gasteiger partial charge in [0.15, 0.2) is 28.8 Å². The van der Waals surface area contributed by atoms with Crippen molar-refractivity contribution in [1.29, 1.82) is 0 Å². The molecule has 11 heteroatoms. The molecule has 2 aliphatic heterocycles. The molecule has 2 saturated heterocycles. The standard InChI is InChI=1S/C23H22F4N6O/c1-12-20(28)23(11-34-12)4-6-33(7-5-23)22-18(10-24)29-19-17(31-32-21(19)30-22)3-2-13-8-15(26)16(27)9-14(13)25/h8-9,12,20H,4-7,10-11,28H2,1H3,(H,30,31,32)/t12-,20+/m0/s1. The number of alkyl halides is 1. The molecule has 2 aromatic heterocycles. The van der Waals surface area contributed by atoms with Gasteiger partial charge in [-0.05, 0) is 31.8 Å². The maximum absolute atomic E-state index is 13.9. The number of rotatable bonds is 2. The summed E-state index contributed by atoms with van der Waals surface area (Å²) in [5.74, 6) is 1.88. The van der Waals surface area contributed by atoms with Crippen molar-refractivity contribution in [3.05, 3.63) is 46.5 Å². The number of benzene rings is 1. The van der Waals surface area contributed by atoms with Gasteiger partial charge in [0.25, 0.3) is 0 Å². The lowest BCUT2D eigenvalue weighted by molar-refractivity contribution is 0.0974. The summed E-state index contributed by atoms with van der Waals surface area (Å²) in [5, 5.41) is 6.74. The summed E-state index contributed by atoms with van der Waals surface area (Å²) in [4.78, 5) is 10.9. The second-order valence-corrected chi connectivity index (χ2v) is 8.78. The largest absolute Gasteiger partial charge is 0.376 e. The van der Waals surface area contributed by atoms with Gasteiger partial charge in [0.1, 0.15) is 23.7 Å². The first kappa shape index (κ1) is 22.6. The first-order valence-electron chi connectivity index (χ1n) is 10.9. The number of hydrogen-bond acceptors (Lipinski definition) is 6. The van der Waals surface area contributed by atoms with Crippen LogP contribution < -0.4 is 10.6 Å². The van der Waals surface area contributed by atoms with Crippen molar-refractivity contribution in [2.45, 2.75) is 38.6 Å². The van der Waals surface area contributed by atoms with Crippen LogP contribution in [0.4, 0.5) is 23.4 Å². The SMILES string of the molecule is C[C@@H]1OCC2(CCN(c3nc4[nH]nc(C#Cc5cc(F)c(F)cc5F)c4nc3CF)CC2)[C@@H]1N. The van der Waals surface area contributed by atoms with Gasteiger partial charge < -0.3 is 15.4 Å². The fourth-order valence-electron chi connectivity index (χ4n) is 4.68. The quantitative estimate of drug-likeness (QED) is 0.337. The first-order chi connectivity index (χ1) is 16.3. The monoisotopic (exact) mass is 474 g/mol. The smallest absolute Gasteiger partial charge is 0.177 e. The number of aromatic amines is 1. The van der Waals surface area contributed by atoms with Crippen molar-refractivity contribution in [1.82, 2.24) is 20.2 Å². The van der Waals surface area contributed by atoms with Crippen molar-refractivity contribution >= 4 is 17.0 Å². The number of nitrogens with zero attached hydrogens (tertiary/aromatic N) is 4. The van der Waals surface area contributed by atoms with E-state index in [2.05, 4.69) is 32.0 Å². The van der Waals surface area contributed by atoms with E-state index in [-0.39, 0.29) is 45.7 Å². The molecule has 5 rings (SSSR count). The van der Waals surface area contributed by atoms with E-state index < -0.39 is 24.1 Å². The van der Waals surface area contributed by atoms with E-state index in [9.17, 15) is 17.6 Å². The van der Waals surface area contributed by atoms with E-state index in [0.717, 1.165) is 12.8 Å². The highest BCUT2D eigenvalue weighted by molar-refractivity contribution is 5.78. The Hall–Kier alpha value is -3.23. The van der Waals surface area contributed by atoms with Crippen molar-refractivity contribution < 1.29 is 22.3 Å². The summed E-state index contributed by atoms with van der Waals surface area (Å²) in [6.07, 6.45) is 1.60. The molecule has 3 N–H and O–H groups in total. The van der Waals surface area contributed by atoms with Gasteiger partial charge in [0.05, 0.1) is 18.3 Å². The lowest BCUT2D eigenvalue weighted by Crippen LogP contribution is -2.51. The average molecular weight is 474 g/mol. The molecule has 4 heterocycles. The third kappa shape index (κ3) is 3.76. The molecule has 0 unspecified atom stereocenters. The lowest BCUT2D eigenvalue weighted by Gasteiger charge is -2.41. The second kappa shape index (κ2) is 8.52. The highest BCUT2D eigenvalue weighted by atomic mass is 19.2. The summed E-state index contributed by atoms with van der Waals surface area (Å²) >= 11 is 0. The summed E-state index contributed by atoms with van der Waals surface area (Å²) in [6.45, 7) is 3.01. The molecule has 2 fully saturated rings. The minimum Gasteiger partial charge on any atom is -0.376 e. The number of piperidine rings is 1. The summed E-state index contributed by atoms with van der Waals surface area (Å²) in [7, 11) is 0. The van der Waals surface area contributed by atoms with E-state index in [1.54, 1.807) is 0 Å². The predicted molar refractivity (Wildman–Crippen MR) is 116 cm³/mol. The molecule has 0 aliphatic carbocycles. The topological polar surface area (TPSA) is 93.0 Å². The van der Waals surface area contributed by atoms with Crippen LogP contribution in [0.2, 0.25) is 0 Å². The van der Waals surface area contributed by atoms with Gasteiger partial charge in [0.2, 0.25) is 0 Å². The van der Waals surface area contributed by atoms with Crippen LogP contribution in [0.15, 0.2) is 12.1 Å². The Morgan fingerprint density at radius 3 is 2.56 bits per heavy atom. The van der Waals surface area contributed by atoms with Crippen LogP contribution >= 0.6 is 0 Å². The zero-order valence-electron chi connectivity index (χ0n) is 18.3. The molecule has 34 heavy (non-hydrogen) atoms. The number of ether oxygens (including phenoxy) is 1. The molecule has 2 atom stereocenters. The van der Waals surface area contributed by atoms with Crippen LogP contribution in [0.1, 0.15) is 36.7 Å². The molecule has 0 saturated carbocycles. The Bertz CT molecular complexity index is 1310. The summed E-state index contributed by atoms with van der Waals surface area (Å²) in [6, 6.07) is 1.04. The van der Waals surface area contributed by atoms with Crippen LogP contribution in [0.5, 0.6) is 0 Å². The second-order valence-electron chi connectivity index (χ2n) is 8.78. The van der Waals surface area contributed by atoms with Gasteiger partial charge in [0, 0.05) is 30.6 Å². The van der Waals surface area contributed by atoms with Gasteiger partial charge >= 0.3 is 0 Å². The van der Waals surface area contributed by atoms with Gasteiger partial charge in [-0.2, -0.15) is 5.10 Å². The summed E-state index contributed by atoms with van der Waals surface area (Å²) in [5.41, 5.74) is 6.68. The fraction of sp³-hybridized carbons (Fsp3) is 0.435. The molecule has 3 aromatic rings. The molecule has 0 bridgehead atoms. The van der Waals surface area contributed by atoms with Gasteiger partial charge in [-0.15, -0.1) is 0 Å². The molecule has 2 aliphatic rings. The van der Waals surface area contributed by atoms with E-state index >= 15 is 0 Å². The fourth-order valence-corrected chi connectivity index (χ4v) is 4.68. The van der Waals surface area contributed by atoms with E-state index in [1.165, 1.54) is 0 Å². The third-order valence-corrected chi connectivity index (χ3v) is 6.80. The molecule has 7 nitrogen and oxygen atoms in total. The number of fused-ring (bicyclic) bond motifs is 1. The zero-order valence-corrected chi connectivity index (χ0v) is 18.3. The number of nitrogens with one attached hydrogen (secondary N) is 1. The van der Waals surface area contributed by atoms with Crippen LogP contribution in [0.25, 0.3) is 11.2 Å². The number of hydrogen-bond donors (Lipinski definition) is 2. The molecule has 0 radical (unpaired) electrons. The molecular formula is C23H22F4N6O. The molecule has 1 spiro atoms. The minimum atomic E-state index is -1.31. The Labute approximate surface area is 192 Å². The minimum absolute atomic E-state index is 0.00787. The first-order valence-corrected chi connectivity index (χ1v) is 10.9. The molecular weight excluding hydrogens is 452 g/mol.